The van der Waals surface area contributed by atoms with Crippen molar-refractivity contribution in [2.24, 2.45) is 0 Å². The predicted molar refractivity (Wildman–Crippen MR) is 47.6 cm³/mol. The van der Waals surface area contributed by atoms with Crippen LogP contribution in [0.5, 0.6) is 0 Å². The van der Waals surface area contributed by atoms with Gasteiger partial charge >= 0.3 is 5.97 Å². The van der Waals surface area contributed by atoms with Crippen LogP contribution in [0.15, 0.2) is 12.1 Å². The van der Waals surface area contributed by atoms with Crippen molar-refractivity contribution >= 4 is 17.6 Å². The third-order valence-corrected chi connectivity index (χ3v) is 1.96. The monoisotopic (exact) mass is 213 g/mol. The van der Waals surface area contributed by atoms with Gasteiger partial charge in [0.2, 0.25) is 0 Å². The molecule has 1 N–H and O–H groups in total. The van der Waals surface area contributed by atoms with Gasteiger partial charge in [-0.15, -0.1) is 11.6 Å². The second-order valence-corrected chi connectivity index (χ2v) is 2.82. The molecule has 0 spiro atoms. The summed E-state index contributed by atoms with van der Waals surface area (Å²) in [5.41, 5.74) is -0.491. The number of benzene rings is 1. The molecule has 0 amide bonds. The Bertz CT molecular complexity index is 426. The molecule has 0 unspecified atom stereocenters. The lowest BCUT2D eigenvalue weighted by Gasteiger charge is -2.02. The minimum Gasteiger partial charge on any atom is -0.478 e. The number of aromatic carboxylic acids is 1. The zero-order valence-electron chi connectivity index (χ0n) is 6.92. The Kier molecular flexibility index (Phi) is 3.05. The van der Waals surface area contributed by atoms with Gasteiger partial charge in [-0.25, -0.2) is 9.18 Å². The topological polar surface area (TPSA) is 61.1 Å². The number of hydrogen-bond acceptors (Lipinski definition) is 2. The van der Waals surface area contributed by atoms with Gasteiger partial charge in [-0.05, 0) is 17.7 Å². The molecule has 1 rings (SSSR count). The largest absolute Gasteiger partial charge is 0.478 e. The highest BCUT2D eigenvalue weighted by molar-refractivity contribution is 6.17. The molecule has 14 heavy (non-hydrogen) atoms. The fraction of sp³-hybridized carbons (Fsp3) is 0.111. The van der Waals surface area contributed by atoms with E-state index in [2.05, 4.69) is 0 Å². The molecular weight excluding hydrogens is 209 g/mol. The molecular formula is C9H5ClFNO2. The zero-order chi connectivity index (χ0) is 10.7. The zero-order valence-corrected chi connectivity index (χ0v) is 7.68. The van der Waals surface area contributed by atoms with Crippen molar-refractivity contribution in [1.82, 2.24) is 0 Å². The first-order valence-electron chi connectivity index (χ1n) is 3.62. The van der Waals surface area contributed by atoms with E-state index in [9.17, 15) is 9.18 Å². The van der Waals surface area contributed by atoms with E-state index in [1.165, 1.54) is 12.1 Å². The van der Waals surface area contributed by atoms with Crippen LogP contribution >= 0.6 is 11.6 Å². The second kappa shape index (κ2) is 4.07. The highest BCUT2D eigenvalue weighted by Gasteiger charge is 2.15. The highest BCUT2D eigenvalue weighted by Crippen LogP contribution is 2.17. The lowest BCUT2D eigenvalue weighted by Crippen LogP contribution is -2.03. The lowest BCUT2D eigenvalue weighted by molar-refractivity contribution is 0.0696. The van der Waals surface area contributed by atoms with E-state index in [-0.39, 0.29) is 11.4 Å². The SMILES string of the molecule is N#Cc1c(F)cc(CCl)cc1C(=O)O. The van der Waals surface area contributed by atoms with E-state index >= 15 is 0 Å². The number of rotatable bonds is 2. The Labute approximate surface area is 84.3 Å². The van der Waals surface area contributed by atoms with Gasteiger partial charge in [0, 0.05) is 5.88 Å². The van der Waals surface area contributed by atoms with Crippen molar-refractivity contribution in [3.05, 3.63) is 34.6 Å². The first-order chi connectivity index (χ1) is 6.60. The maximum Gasteiger partial charge on any atom is 0.337 e. The molecule has 1 aromatic rings. The average Bonchev–Trinajstić information content (AvgIpc) is 2.16. The molecule has 0 radical (unpaired) electrons. The normalized spacial score (nSPS) is 9.50. The molecule has 0 aliphatic heterocycles. The summed E-state index contributed by atoms with van der Waals surface area (Å²) in [6.45, 7) is 0. The highest BCUT2D eigenvalue weighted by atomic mass is 35.5. The van der Waals surface area contributed by atoms with Crippen LogP contribution in [0.2, 0.25) is 0 Å². The van der Waals surface area contributed by atoms with E-state index in [1.54, 1.807) is 0 Å². The maximum absolute atomic E-state index is 13.1. The number of hydrogen-bond donors (Lipinski definition) is 1. The smallest absolute Gasteiger partial charge is 0.337 e. The molecule has 0 bridgehead atoms. The number of alkyl halides is 1. The molecule has 0 aromatic heterocycles. The quantitative estimate of drug-likeness (QED) is 0.766. The first-order valence-corrected chi connectivity index (χ1v) is 4.15. The lowest BCUT2D eigenvalue weighted by atomic mass is 10.0. The van der Waals surface area contributed by atoms with E-state index in [0.717, 1.165) is 6.07 Å². The van der Waals surface area contributed by atoms with Crippen LogP contribution in [0, 0.1) is 17.1 Å². The van der Waals surface area contributed by atoms with Crippen LogP contribution < -0.4 is 0 Å². The molecule has 0 aliphatic rings. The van der Waals surface area contributed by atoms with Crippen LogP contribution in [0.25, 0.3) is 0 Å². The van der Waals surface area contributed by atoms with Crippen LogP contribution in [0.3, 0.4) is 0 Å². The summed E-state index contributed by atoms with van der Waals surface area (Å²) in [6, 6.07) is 3.74. The minimum atomic E-state index is -1.34. The molecule has 0 saturated heterocycles. The van der Waals surface area contributed by atoms with Crippen molar-refractivity contribution in [1.29, 1.82) is 5.26 Å². The number of halogens is 2. The molecule has 0 fully saturated rings. The second-order valence-electron chi connectivity index (χ2n) is 2.55. The Morgan fingerprint density at radius 1 is 1.64 bits per heavy atom. The maximum atomic E-state index is 13.1. The Hall–Kier alpha value is -1.60. The third kappa shape index (κ3) is 1.83. The fourth-order valence-corrected chi connectivity index (χ4v) is 1.18. The van der Waals surface area contributed by atoms with Gasteiger partial charge in [-0.2, -0.15) is 5.26 Å². The van der Waals surface area contributed by atoms with E-state index < -0.39 is 17.3 Å². The number of nitriles is 1. The van der Waals surface area contributed by atoms with Crippen LogP contribution in [0.4, 0.5) is 4.39 Å². The number of carboxylic acids is 1. The summed E-state index contributed by atoms with van der Waals surface area (Å²) in [4.78, 5) is 10.6. The Morgan fingerprint density at radius 3 is 2.71 bits per heavy atom. The molecule has 0 heterocycles. The van der Waals surface area contributed by atoms with Gasteiger partial charge < -0.3 is 5.11 Å². The number of carboxylic acid groups (broad SMARTS) is 1. The van der Waals surface area contributed by atoms with E-state index in [4.69, 9.17) is 22.0 Å². The van der Waals surface area contributed by atoms with Gasteiger partial charge in [0.1, 0.15) is 17.4 Å². The standard InChI is InChI=1S/C9H5ClFNO2/c10-3-5-1-6(9(13)14)7(4-12)8(11)2-5/h1-2H,3H2,(H,13,14). The summed E-state index contributed by atoms with van der Waals surface area (Å²) in [5, 5.41) is 17.2. The number of nitrogens with zero attached hydrogens (tertiary/aromatic N) is 1. The molecule has 5 heteroatoms. The van der Waals surface area contributed by atoms with Crippen molar-refractivity contribution in [3.63, 3.8) is 0 Å². The van der Waals surface area contributed by atoms with Gasteiger partial charge in [0.05, 0.1) is 5.56 Å². The Balaban J connectivity index is 3.45. The van der Waals surface area contributed by atoms with Crippen LogP contribution in [0.1, 0.15) is 21.5 Å². The van der Waals surface area contributed by atoms with Crippen molar-refractivity contribution in [3.8, 4) is 6.07 Å². The van der Waals surface area contributed by atoms with E-state index in [0.29, 0.717) is 5.56 Å². The van der Waals surface area contributed by atoms with Gasteiger partial charge in [-0.3, -0.25) is 0 Å². The van der Waals surface area contributed by atoms with Gasteiger partial charge in [-0.1, -0.05) is 0 Å². The van der Waals surface area contributed by atoms with Gasteiger partial charge in [0.25, 0.3) is 0 Å². The molecule has 72 valence electrons. The number of carbonyl (C=O) groups is 1. The summed E-state index contributed by atoms with van der Waals surface area (Å²) < 4.78 is 13.1. The van der Waals surface area contributed by atoms with Crippen LogP contribution in [-0.2, 0) is 5.88 Å². The predicted octanol–water partition coefficient (Wildman–Crippen LogP) is 2.13. The summed E-state index contributed by atoms with van der Waals surface area (Å²) in [5.74, 6) is -2.20. The summed E-state index contributed by atoms with van der Waals surface area (Å²) in [7, 11) is 0. The fourth-order valence-electron chi connectivity index (χ4n) is 1.02. The molecule has 0 saturated carbocycles. The van der Waals surface area contributed by atoms with Crippen LogP contribution in [-0.4, -0.2) is 11.1 Å². The van der Waals surface area contributed by atoms with Crippen molar-refractivity contribution < 1.29 is 14.3 Å². The van der Waals surface area contributed by atoms with E-state index in [1.807, 2.05) is 0 Å². The van der Waals surface area contributed by atoms with Crippen molar-refractivity contribution in [2.45, 2.75) is 5.88 Å². The minimum absolute atomic E-state index is 0.00289. The third-order valence-electron chi connectivity index (χ3n) is 1.65. The molecule has 1 aromatic carbocycles. The summed E-state index contributed by atoms with van der Waals surface area (Å²) in [6.07, 6.45) is 0. The molecule has 0 aliphatic carbocycles. The first kappa shape index (κ1) is 10.5. The average molecular weight is 214 g/mol. The van der Waals surface area contributed by atoms with Crippen molar-refractivity contribution in [2.75, 3.05) is 0 Å². The summed E-state index contributed by atoms with van der Waals surface area (Å²) >= 11 is 5.43. The Morgan fingerprint density at radius 2 is 2.29 bits per heavy atom. The van der Waals surface area contributed by atoms with Gasteiger partial charge in [0.15, 0.2) is 0 Å². The molecule has 3 nitrogen and oxygen atoms in total. The molecule has 0 atom stereocenters.